The van der Waals surface area contributed by atoms with E-state index in [1.165, 1.54) is 18.2 Å². The van der Waals surface area contributed by atoms with E-state index in [9.17, 15) is 19.8 Å². The fourth-order valence-corrected chi connectivity index (χ4v) is 4.43. The van der Waals surface area contributed by atoms with Crippen molar-refractivity contribution in [1.29, 1.82) is 0 Å². The average molecular weight is 382 g/mol. The number of benzene rings is 1. The van der Waals surface area contributed by atoms with Gasteiger partial charge in [0.25, 0.3) is 0 Å². The number of ether oxygens (including phenoxy) is 1. The molecule has 1 fully saturated rings. The number of aliphatic hydroxyl groups is 1. The maximum Gasteiger partial charge on any atom is 1.00 e. The zero-order chi connectivity index (χ0) is 19.3. The summed E-state index contributed by atoms with van der Waals surface area (Å²) < 4.78 is 6.41. The van der Waals surface area contributed by atoms with E-state index in [0.717, 1.165) is 12.5 Å². The second-order valence-corrected chi connectivity index (χ2v) is 7.90. The molecule has 1 heterocycles. The topological polar surface area (TPSA) is 107 Å². The van der Waals surface area contributed by atoms with Gasteiger partial charge < -0.3 is 24.9 Å². The number of fused-ring (bicyclic) bond motifs is 1. The number of hydrogen-bond acceptors (Lipinski definition) is 5. The zero-order valence-corrected chi connectivity index (χ0v) is 18.1. The van der Waals surface area contributed by atoms with Gasteiger partial charge in [-0.15, -0.1) is 0 Å². The smallest absolute Gasteiger partial charge is 0.545 e. The maximum atomic E-state index is 11.4. The number of carbonyl (C=O) groups is 2. The second-order valence-electron chi connectivity index (χ2n) is 7.90. The maximum absolute atomic E-state index is 11.4. The number of carboxylic acids is 2. The number of carbonyl (C=O) groups excluding carboxylic acids is 1. The van der Waals surface area contributed by atoms with Crippen molar-refractivity contribution in [3.05, 3.63) is 34.9 Å². The molecule has 1 saturated carbocycles. The Kier molecular flexibility index (Phi) is 6.17. The van der Waals surface area contributed by atoms with Gasteiger partial charge >= 0.3 is 35.5 Å². The van der Waals surface area contributed by atoms with Crippen LogP contribution in [0.3, 0.4) is 0 Å². The van der Waals surface area contributed by atoms with Crippen molar-refractivity contribution >= 4 is 18.0 Å². The summed E-state index contributed by atoms with van der Waals surface area (Å²) in [7, 11) is 0. The van der Waals surface area contributed by atoms with Gasteiger partial charge in [-0.05, 0) is 48.1 Å². The van der Waals surface area contributed by atoms with Crippen LogP contribution in [0.4, 0.5) is 0 Å². The van der Waals surface area contributed by atoms with Crippen molar-refractivity contribution in [2.45, 2.75) is 51.7 Å². The number of aliphatic carboxylic acids is 1. The van der Waals surface area contributed by atoms with Crippen molar-refractivity contribution < 1.29 is 59.2 Å². The number of aromatic carboxylic acids is 1. The monoisotopic (exact) mass is 382 g/mol. The van der Waals surface area contributed by atoms with Crippen molar-refractivity contribution in [3.8, 4) is 5.75 Å². The van der Waals surface area contributed by atoms with Gasteiger partial charge in [-0.25, -0.2) is 4.79 Å². The first-order valence-corrected chi connectivity index (χ1v) is 8.75. The van der Waals surface area contributed by atoms with Crippen LogP contribution in [0.1, 0.15) is 55.1 Å². The molecule has 1 aromatic carbocycles. The molecule has 0 amide bonds. The van der Waals surface area contributed by atoms with Crippen molar-refractivity contribution in [3.63, 3.8) is 0 Å². The Bertz CT molecular complexity index is 800. The SMILES string of the molecule is C[C@@H]1CC[C@H](O)C(C)(C)[C@]12Cc1cc(C(=O)[O-])cc(/C=C/C(=O)O)c1O2.[Na+]. The van der Waals surface area contributed by atoms with Crippen LogP contribution in [-0.2, 0) is 11.2 Å². The summed E-state index contributed by atoms with van der Waals surface area (Å²) in [6, 6.07) is 2.89. The molecule has 1 aliphatic heterocycles. The molecule has 0 bridgehead atoms. The first kappa shape index (κ1) is 22.0. The summed E-state index contributed by atoms with van der Waals surface area (Å²) in [5, 5.41) is 30.9. The molecule has 6 nitrogen and oxygen atoms in total. The van der Waals surface area contributed by atoms with Gasteiger partial charge in [0.05, 0.1) is 12.1 Å². The van der Waals surface area contributed by atoms with E-state index < -0.39 is 29.1 Å². The minimum atomic E-state index is -1.32. The molecular weight excluding hydrogens is 359 g/mol. The minimum absolute atomic E-state index is 0. The van der Waals surface area contributed by atoms with Gasteiger partial charge in [0, 0.05) is 23.5 Å². The summed E-state index contributed by atoms with van der Waals surface area (Å²) in [6.45, 7) is 6.00. The third kappa shape index (κ3) is 3.56. The predicted molar refractivity (Wildman–Crippen MR) is 92.7 cm³/mol. The molecule has 0 unspecified atom stereocenters. The summed E-state index contributed by atoms with van der Waals surface area (Å²) in [5.41, 5.74) is -0.145. The minimum Gasteiger partial charge on any atom is -0.545 e. The van der Waals surface area contributed by atoms with E-state index in [1.807, 2.05) is 13.8 Å². The van der Waals surface area contributed by atoms with Crippen LogP contribution >= 0.6 is 0 Å². The van der Waals surface area contributed by atoms with E-state index in [4.69, 9.17) is 9.84 Å². The zero-order valence-electron chi connectivity index (χ0n) is 16.1. The van der Waals surface area contributed by atoms with E-state index in [2.05, 4.69) is 6.92 Å². The molecule has 0 aromatic heterocycles. The summed E-state index contributed by atoms with van der Waals surface area (Å²) in [6.07, 6.45) is 3.70. The first-order chi connectivity index (χ1) is 12.1. The Morgan fingerprint density at radius 3 is 2.56 bits per heavy atom. The molecule has 1 aliphatic carbocycles. The van der Waals surface area contributed by atoms with Gasteiger partial charge in [-0.1, -0.05) is 20.8 Å². The van der Waals surface area contributed by atoms with Crippen molar-refractivity contribution in [2.75, 3.05) is 0 Å². The Morgan fingerprint density at radius 1 is 1.30 bits per heavy atom. The van der Waals surface area contributed by atoms with Gasteiger partial charge in [-0.2, -0.15) is 0 Å². The molecule has 2 N–H and O–H groups in total. The van der Waals surface area contributed by atoms with E-state index >= 15 is 0 Å². The predicted octanol–water partition coefficient (Wildman–Crippen LogP) is -1.36. The van der Waals surface area contributed by atoms with E-state index in [0.29, 0.717) is 29.7 Å². The van der Waals surface area contributed by atoms with Crippen molar-refractivity contribution in [2.24, 2.45) is 11.3 Å². The average Bonchev–Trinajstić information content (AvgIpc) is 2.96. The second kappa shape index (κ2) is 7.59. The molecule has 1 spiro atoms. The first-order valence-electron chi connectivity index (χ1n) is 8.75. The van der Waals surface area contributed by atoms with Crippen LogP contribution in [0.5, 0.6) is 5.75 Å². The molecule has 27 heavy (non-hydrogen) atoms. The number of rotatable bonds is 3. The van der Waals surface area contributed by atoms with Gasteiger partial charge in [0.15, 0.2) is 0 Å². The fraction of sp³-hybridized carbons (Fsp3) is 0.500. The van der Waals surface area contributed by atoms with Gasteiger partial charge in [-0.3, -0.25) is 0 Å². The van der Waals surface area contributed by atoms with Crippen LogP contribution in [0.25, 0.3) is 6.08 Å². The quantitative estimate of drug-likeness (QED) is 0.494. The summed E-state index contributed by atoms with van der Waals surface area (Å²) in [5.74, 6) is -1.82. The Labute approximate surface area is 180 Å². The molecular formula is C20H23NaO6. The van der Waals surface area contributed by atoms with Crippen LogP contribution in [0.2, 0.25) is 0 Å². The molecule has 140 valence electrons. The van der Waals surface area contributed by atoms with E-state index in [1.54, 1.807) is 0 Å². The Morgan fingerprint density at radius 2 is 1.96 bits per heavy atom. The summed E-state index contributed by atoms with van der Waals surface area (Å²) >= 11 is 0. The van der Waals surface area contributed by atoms with Gasteiger partial charge in [0.1, 0.15) is 11.4 Å². The molecule has 0 saturated heterocycles. The molecule has 2 aliphatic rings. The molecule has 0 radical (unpaired) electrons. The Hall–Kier alpha value is -1.34. The van der Waals surface area contributed by atoms with Crippen LogP contribution in [-0.4, -0.2) is 33.9 Å². The number of hydrogen-bond donors (Lipinski definition) is 2. The number of carboxylic acid groups (broad SMARTS) is 2. The van der Waals surface area contributed by atoms with Crippen LogP contribution in [0.15, 0.2) is 18.2 Å². The third-order valence-electron chi connectivity index (χ3n) is 6.17. The Balaban J connectivity index is 0.00000261. The molecule has 3 rings (SSSR count). The van der Waals surface area contributed by atoms with Crippen LogP contribution < -0.4 is 39.4 Å². The summed E-state index contributed by atoms with van der Waals surface area (Å²) in [4.78, 5) is 22.3. The number of aliphatic hydroxyl groups excluding tert-OH is 1. The molecule has 7 heteroatoms. The molecule has 3 atom stereocenters. The largest absolute Gasteiger partial charge is 1.00 e. The standard InChI is InChI=1S/C20H24O6.Na/c1-11-4-6-15(21)19(2,3)20(11)10-14-9-13(18(24)25)8-12(17(14)26-20)5-7-16(22)23;/h5,7-9,11,15,21H,4,6,10H2,1-3H3,(H,22,23)(H,24,25);/q;+1/p-1/b7-5+;/t11-,15+,20+;/m1./s1. The normalized spacial score (nSPS) is 28.4. The van der Waals surface area contributed by atoms with Gasteiger partial charge in [0.2, 0.25) is 0 Å². The third-order valence-corrected chi connectivity index (χ3v) is 6.17. The van der Waals surface area contributed by atoms with Crippen molar-refractivity contribution in [1.82, 2.24) is 0 Å². The van der Waals surface area contributed by atoms with Crippen LogP contribution in [0, 0.1) is 11.3 Å². The fourth-order valence-electron chi connectivity index (χ4n) is 4.43. The van der Waals surface area contributed by atoms with E-state index in [-0.39, 0.29) is 41.0 Å². The molecule has 1 aromatic rings.